The molecule has 0 atom stereocenters. The van der Waals surface area contributed by atoms with Gasteiger partial charge < -0.3 is 9.88 Å². The highest BCUT2D eigenvalue weighted by Gasteiger charge is 2.14. The van der Waals surface area contributed by atoms with E-state index in [1.807, 2.05) is 48.5 Å². The molecule has 3 aromatic carbocycles. The van der Waals surface area contributed by atoms with E-state index >= 15 is 0 Å². The molecular weight excluding hydrogens is 519 g/mol. The van der Waals surface area contributed by atoms with Gasteiger partial charge in [-0.2, -0.15) is 0 Å². The predicted octanol–water partition coefficient (Wildman–Crippen LogP) is 6.93. The third kappa shape index (κ3) is 6.41. The number of benzene rings is 3. The largest absolute Gasteiger partial charge is 0.352 e. The van der Waals surface area contributed by atoms with Gasteiger partial charge in [-0.3, -0.25) is 9.78 Å². The molecule has 0 aliphatic carbocycles. The number of carbonyl (C=O) groups excluding carboxylic acids is 1. The van der Waals surface area contributed by atoms with Crippen LogP contribution in [0.15, 0.2) is 96.4 Å². The van der Waals surface area contributed by atoms with Crippen LogP contribution in [0.3, 0.4) is 0 Å². The third-order valence-corrected chi connectivity index (χ3v) is 7.59. The molecule has 2 heterocycles. The Labute approximate surface area is 230 Å². The molecule has 0 bridgehead atoms. The van der Waals surface area contributed by atoms with E-state index in [9.17, 15) is 9.18 Å². The molecule has 1 N–H and O–H groups in total. The third-order valence-electron chi connectivity index (χ3n) is 6.21. The van der Waals surface area contributed by atoms with Gasteiger partial charge in [0.05, 0.1) is 23.8 Å². The Morgan fingerprint density at radius 1 is 1.00 bits per heavy atom. The lowest BCUT2D eigenvalue weighted by atomic mass is 10.1. The van der Waals surface area contributed by atoms with E-state index in [0.717, 1.165) is 40.2 Å². The van der Waals surface area contributed by atoms with Gasteiger partial charge in [-0.05, 0) is 59.9 Å². The minimum Gasteiger partial charge on any atom is -0.352 e. The lowest BCUT2D eigenvalue weighted by Gasteiger charge is -2.11. The molecule has 0 aliphatic rings. The van der Waals surface area contributed by atoms with Crippen LogP contribution in [0.25, 0.3) is 11.0 Å². The molecule has 38 heavy (non-hydrogen) atoms. The fraction of sp³-hybridized carbons (Fsp3) is 0.167. The van der Waals surface area contributed by atoms with Gasteiger partial charge in [0.25, 0.3) is 5.91 Å². The van der Waals surface area contributed by atoms with Crippen LogP contribution in [0.2, 0.25) is 5.02 Å². The first-order valence-electron chi connectivity index (χ1n) is 12.3. The first-order chi connectivity index (χ1) is 18.6. The molecule has 192 valence electrons. The second kappa shape index (κ2) is 12.2. The number of imidazole rings is 1. The number of halogens is 2. The van der Waals surface area contributed by atoms with Gasteiger partial charge in [0.2, 0.25) is 0 Å². The topological polar surface area (TPSA) is 59.8 Å². The molecule has 0 fully saturated rings. The number of thioether (sulfide) groups is 1. The summed E-state index contributed by atoms with van der Waals surface area (Å²) in [4.78, 5) is 21.7. The van der Waals surface area contributed by atoms with Gasteiger partial charge in [-0.15, -0.1) is 0 Å². The molecule has 2 aromatic heterocycles. The van der Waals surface area contributed by atoms with Gasteiger partial charge in [-0.1, -0.05) is 71.9 Å². The zero-order chi connectivity index (χ0) is 26.3. The monoisotopic (exact) mass is 544 g/mol. The number of nitrogens with one attached hydrogen (secondary N) is 1. The molecule has 0 saturated heterocycles. The first kappa shape index (κ1) is 25.9. The van der Waals surface area contributed by atoms with E-state index in [2.05, 4.69) is 27.0 Å². The number of hydrogen-bond donors (Lipinski definition) is 1. The summed E-state index contributed by atoms with van der Waals surface area (Å²) >= 11 is 7.76. The Morgan fingerprint density at radius 2 is 1.82 bits per heavy atom. The summed E-state index contributed by atoms with van der Waals surface area (Å²) in [6, 6.07) is 24.2. The van der Waals surface area contributed by atoms with Crippen LogP contribution in [-0.2, 0) is 18.7 Å². The van der Waals surface area contributed by atoms with Crippen LogP contribution >= 0.6 is 23.4 Å². The Kier molecular flexibility index (Phi) is 8.36. The molecular formula is C30H26ClFN4OS. The molecule has 5 nitrogen and oxygen atoms in total. The molecule has 0 unspecified atom stereocenters. The van der Waals surface area contributed by atoms with Crippen LogP contribution < -0.4 is 5.32 Å². The number of amides is 1. The summed E-state index contributed by atoms with van der Waals surface area (Å²) < 4.78 is 15.5. The van der Waals surface area contributed by atoms with E-state index in [4.69, 9.17) is 16.6 Å². The molecule has 0 radical (unpaired) electrons. The van der Waals surface area contributed by atoms with E-state index in [1.165, 1.54) is 29.5 Å². The van der Waals surface area contributed by atoms with Crippen molar-refractivity contribution < 1.29 is 9.18 Å². The van der Waals surface area contributed by atoms with Crippen LogP contribution in [0.4, 0.5) is 4.39 Å². The van der Waals surface area contributed by atoms with Crippen LogP contribution in [0.1, 0.15) is 33.5 Å². The summed E-state index contributed by atoms with van der Waals surface area (Å²) in [5.41, 5.74) is 5.54. The fourth-order valence-electron chi connectivity index (χ4n) is 4.18. The Morgan fingerprint density at radius 3 is 2.61 bits per heavy atom. The lowest BCUT2D eigenvalue weighted by molar-refractivity contribution is 0.0953. The van der Waals surface area contributed by atoms with Gasteiger partial charge in [-0.25, -0.2) is 9.37 Å². The molecule has 0 aliphatic heterocycles. The van der Waals surface area contributed by atoms with Gasteiger partial charge in [0, 0.05) is 29.1 Å². The van der Waals surface area contributed by atoms with E-state index in [0.29, 0.717) is 29.4 Å². The number of rotatable bonds is 10. The van der Waals surface area contributed by atoms with Crippen molar-refractivity contribution in [3.05, 3.63) is 124 Å². The average Bonchev–Trinajstić information content (AvgIpc) is 3.28. The number of aromatic nitrogens is 3. The summed E-state index contributed by atoms with van der Waals surface area (Å²) in [6.07, 6.45) is 5.34. The number of aryl methyl sites for hydroxylation is 1. The minimum atomic E-state index is -0.355. The smallest absolute Gasteiger partial charge is 0.251 e. The quantitative estimate of drug-likeness (QED) is 0.153. The van der Waals surface area contributed by atoms with Crippen LogP contribution in [-0.4, -0.2) is 27.0 Å². The van der Waals surface area contributed by atoms with Gasteiger partial charge in [0.1, 0.15) is 5.82 Å². The van der Waals surface area contributed by atoms with Crippen LogP contribution in [0, 0.1) is 5.82 Å². The zero-order valence-corrected chi connectivity index (χ0v) is 22.2. The van der Waals surface area contributed by atoms with Crippen molar-refractivity contribution in [1.82, 2.24) is 19.9 Å². The van der Waals surface area contributed by atoms with Crippen LogP contribution in [0.5, 0.6) is 0 Å². The fourth-order valence-corrected chi connectivity index (χ4v) is 5.51. The van der Waals surface area contributed by atoms with Crippen molar-refractivity contribution in [3.63, 3.8) is 0 Å². The van der Waals surface area contributed by atoms with E-state index in [1.54, 1.807) is 18.5 Å². The van der Waals surface area contributed by atoms with E-state index < -0.39 is 0 Å². The summed E-state index contributed by atoms with van der Waals surface area (Å²) in [6.45, 7) is 1.20. The number of carbonyl (C=O) groups is 1. The van der Waals surface area contributed by atoms with Crippen molar-refractivity contribution in [3.8, 4) is 0 Å². The van der Waals surface area contributed by atoms with Gasteiger partial charge >= 0.3 is 0 Å². The molecule has 8 heteroatoms. The zero-order valence-electron chi connectivity index (χ0n) is 20.6. The summed E-state index contributed by atoms with van der Waals surface area (Å²) in [7, 11) is 0. The van der Waals surface area contributed by atoms with E-state index in [-0.39, 0.29) is 11.7 Å². The van der Waals surface area contributed by atoms with Crippen molar-refractivity contribution >= 4 is 40.3 Å². The maximum Gasteiger partial charge on any atom is 0.251 e. The highest BCUT2D eigenvalue weighted by atomic mass is 35.5. The lowest BCUT2D eigenvalue weighted by Crippen LogP contribution is -2.24. The SMILES string of the molecule is O=C(NCCCc1ccccc1)c1ccc(Cn2c(SCc3ccc(F)cc3Cl)nc3ccncc32)cc1. The van der Waals surface area contributed by atoms with Gasteiger partial charge in [0.15, 0.2) is 5.16 Å². The molecule has 1 amide bonds. The maximum atomic E-state index is 13.4. The van der Waals surface area contributed by atoms with Crippen molar-refractivity contribution in [2.24, 2.45) is 0 Å². The van der Waals surface area contributed by atoms with Crippen molar-refractivity contribution in [1.29, 1.82) is 0 Å². The molecule has 5 rings (SSSR count). The minimum absolute atomic E-state index is 0.0747. The normalized spacial score (nSPS) is 11.1. The Hall–Kier alpha value is -3.68. The highest BCUT2D eigenvalue weighted by molar-refractivity contribution is 7.98. The molecule has 5 aromatic rings. The van der Waals surface area contributed by atoms with Crippen molar-refractivity contribution in [2.45, 2.75) is 30.3 Å². The Bertz CT molecular complexity index is 1540. The summed E-state index contributed by atoms with van der Waals surface area (Å²) in [5.74, 6) is 0.125. The second-order valence-electron chi connectivity index (χ2n) is 8.91. The number of fused-ring (bicyclic) bond motifs is 1. The summed E-state index contributed by atoms with van der Waals surface area (Å²) in [5, 5.41) is 4.22. The average molecular weight is 545 g/mol. The molecule has 0 spiro atoms. The second-order valence-corrected chi connectivity index (χ2v) is 10.3. The maximum absolute atomic E-state index is 13.4. The standard InChI is InChI=1S/C30H26ClFN4OS/c31-26-17-25(32)13-12-24(26)20-38-30-35-27-14-16-33-18-28(27)36(30)19-22-8-10-23(11-9-22)29(37)34-15-4-7-21-5-2-1-3-6-21/h1-3,5-6,8-14,16-18H,4,7,15,19-20H2,(H,34,37). The Balaban J connectivity index is 1.24. The highest BCUT2D eigenvalue weighted by Crippen LogP contribution is 2.30. The molecule has 0 saturated carbocycles. The predicted molar refractivity (Wildman–Crippen MR) is 151 cm³/mol. The first-order valence-corrected chi connectivity index (χ1v) is 13.7. The number of pyridine rings is 1. The number of hydrogen-bond acceptors (Lipinski definition) is 4. The number of nitrogens with zero attached hydrogens (tertiary/aromatic N) is 3. The van der Waals surface area contributed by atoms with Crippen molar-refractivity contribution in [2.75, 3.05) is 6.54 Å².